The van der Waals surface area contributed by atoms with Crippen LogP contribution in [0.1, 0.15) is 30.7 Å². The molecule has 0 unspecified atom stereocenters. The monoisotopic (exact) mass is 418 g/mol. The molecule has 2 aliphatic heterocycles. The predicted molar refractivity (Wildman–Crippen MR) is 112 cm³/mol. The molecule has 4 rings (SSSR count). The Morgan fingerprint density at radius 2 is 1.57 bits per heavy atom. The highest BCUT2D eigenvalue weighted by atomic mass is 19.4. The number of nitrogens with zero attached hydrogens (tertiary/aromatic N) is 2. The normalized spacial score (nSPS) is 25.8. The molecule has 2 aromatic rings. The van der Waals surface area contributed by atoms with Gasteiger partial charge in [0.2, 0.25) is 0 Å². The summed E-state index contributed by atoms with van der Waals surface area (Å²) in [5, 5.41) is 10.0. The van der Waals surface area contributed by atoms with E-state index in [0.29, 0.717) is 13.1 Å². The summed E-state index contributed by atoms with van der Waals surface area (Å²) in [6, 6.07) is 18.8. The molecule has 2 heterocycles. The van der Waals surface area contributed by atoms with Crippen LogP contribution >= 0.6 is 0 Å². The third kappa shape index (κ3) is 4.71. The summed E-state index contributed by atoms with van der Waals surface area (Å²) in [6.07, 6.45) is -3.04. The highest BCUT2D eigenvalue weighted by Crippen LogP contribution is 2.42. The van der Waals surface area contributed by atoms with Crippen molar-refractivity contribution < 1.29 is 18.3 Å². The smallest absolute Gasteiger partial charge is 0.390 e. The average Bonchev–Trinajstić information content (AvgIpc) is 2.72. The van der Waals surface area contributed by atoms with Gasteiger partial charge in [-0.05, 0) is 42.6 Å². The van der Waals surface area contributed by atoms with E-state index in [0.717, 1.165) is 36.1 Å². The van der Waals surface area contributed by atoms with Crippen LogP contribution in [0.5, 0.6) is 0 Å². The van der Waals surface area contributed by atoms with E-state index < -0.39 is 12.6 Å². The first-order chi connectivity index (χ1) is 14.5. The zero-order valence-electron chi connectivity index (χ0n) is 17.1. The van der Waals surface area contributed by atoms with Gasteiger partial charge in [-0.3, -0.25) is 4.90 Å². The van der Waals surface area contributed by atoms with Crippen LogP contribution in [0.4, 0.5) is 13.2 Å². The largest absolute Gasteiger partial charge is 0.395 e. The van der Waals surface area contributed by atoms with Crippen LogP contribution in [0.25, 0.3) is 11.1 Å². The van der Waals surface area contributed by atoms with E-state index in [1.54, 1.807) is 0 Å². The summed E-state index contributed by atoms with van der Waals surface area (Å²) in [7, 11) is 0. The molecule has 2 fully saturated rings. The fraction of sp³-hybridized carbons (Fsp3) is 0.500. The zero-order valence-corrected chi connectivity index (χ0v) is 17.1. The Kier molecular flexibility index (Phi) is 6.46. The highest BCUT2D eigenvalue weighted by molar-refractivity contribution is 5.63. The maximum atomic E-state index is 12.7. The molecule has 6 heteroatoms. The van der Waals surface area contributed by atoms with Gasteiger partial charge in [0.05, 0.1) is 13.0 Å². The average molecular weight is 419 g/mol. The summed E-state index contributed by atoms with van der Waals surface area (Å²) >= 11 is 0. The van der Waals surface area contributed by atoms with Crippen LogP contribution in [-0.4, -0.2) is 66.0 Å². The van der Waals surface area contributed by atoms with Crippen LogP contribution in [0.2, 0.25) is 0 Å². The fourth-order valence-corrected chi connectivity index (χ4v) is 5.03. The quantitative estimate of drug-likeness (QED) is 0.773. The van der Waals surface area contributed by atoms with Gasteiger partial charge < -0.3 is 10.0 Å². The lowest BCUT2D eigenvalue weighted by Crippen LogP contribution is -2.67. The SMILES string of the molecule is OC[C@H]1[C@H](c2ccc(-c3ccccc3)cc2)[C@@H]2CN(CCC(F)(F)F)CCCCN12. The summed E-state index contributed by atoms with van der Waals surface area (Å²) in [4.78, 5) is 4.26. The summed E-state index contributed by atoms with van der Waals surface area (Å²) in [5.41, 5.74) is 3.45. The second-order valence-electron chi connectivity index (χ2n) is 8.44. The van der Waals surface area contributed by atoms with Crippen LogP contribution in [0, 0.1) is 0 Å². The Hall–Kier alpha value is -1.89. The molecule has 0 aliphatic carbocycles. The third-order valence-corrected chi connectivity index (χ3v) is 6.57. The molecule has 3 atom stereocenters. The molecule has 3 nitrogen and oxygen atoms in total. The zero-order chi connectivity index (χ0) is 21.1. The first-order valence-corrected chi connectivity index (χ1v) is 10.8. The Morgan fingerprint density at radius 1 is 0.900 bits per heavy atom. The van der Waals surface area contributed by atoms with Gasteiger partial charge in [-0.25, -0.2) is 0 Å². The topological polar surface area (TPSA) is 26.7 Å². The molecule has 0 amide bonds. The van der Waals surface area contributed by atoms with Gasteiger partial charge in [0.15, 0.2) is 0 Å². The van der Waals surface area contributed by atoms with Gasteiger partial charge in [0.1, 0.15) is 0 Å². The van der Waals surface area contributed by atoms with Crippen molar-refractivity contribution in [2.24, 2.45) is 0 Å². The van der Waals surface area contributed by atoms with Gasteiger partial charge in [-0.15, -0.1) is 0 Å². The van der Waals surface area contributed by atoms with Crippen molar-refractivity contribution in [1.82, 2.24) is 9.80 Å². The van der Waals surface area contributed by atoms with E-state index in [-0.39, 0.29) is 31.2 Å². The lowest BCUT2D eigenvalue weighted by atomic mass is 9.74. The minimum atomic E-state index is -4.12. The van der Waals surface area contributed by atoms with Gasteiger partial charge in [-0.2, -0.15) is 13.2 Å². The number of alkyl halides is 3. The number of aliphatic hydroxyl groups excluding tert-OH is 1. The van der Waals surface area contributed by atoms with Crippen molar-refractivity contribution in [3.8, 4) is 11.1 Å². The predicted octanol–water partition coefficient (Wildman–Crippen LogP) is 4.53. The summed E-state index contributed by atoms with van der Waals surface area (Å²) in [5.74, 6) is 0.145. The molecule has 1 N–H and O–H groups in total. The van der Waals surface area contributed by atoms with Gasteiger partial charge in [0.25, 0.3) is 0 Å². The van der Waals surface area contributed by atoms with Crippen molar-refractivity contribution in [2.45, 2.75) is 43.4 Å². The third-order valence-electron chi connectivity index (χ3n) is 6.57. The van der Waals surface area contributed by atoms with Crippen LogP contribution < -0.4 is 0 Å². The second-order valence-corrected chi connectivity index (χ2v) is 8.44. The lowest BCUT2D eigenvalue weighted by molar-refractivity contribution is -0.140. The molecule has 2 saturated heterocycles. The van der Waals surface area contributed by atoms with E-state index >= 15 is 0 Å². The Labute approximate surface area is 176 Å². The standard InChI is InChI=1S/C24H29F3N2O/c25-24(26,27)12-15-28-13-4-5-14-29-21(16-28)23(22(29)17-30)20-10-8-19(9-11-20)18-6-2-1-3-7-18/h1-3,6-11,21-23,30H,4-5,12-17H2/t21-,22-,23+/m0/s1. The van der Waals surface area contributed by atoms with Gasteiger partial charge in [-0.1, -0.05) is 54.6 Å². The molecule has 162 valence electrons. The summed E-state index contributed by atoms with van der Waals surface area (Å²) in [6.45, 7) is 2.37. The minimum Gasteiger partial charge on any atom is -0.395 e. The van der Waals surface area contributed by atoms with Crippen LogP contribution in [-0.2, 0) is 0 Å². The van der Waals surface area contributed by atoms with Crippen LogP contribution in [0.3, 0.4) is 0 Å². The molecule has 2 aromatic carbocycles. The number of hydrogen-bond donors (Lipinski definition) is 1. The number of rotatable bonds is 5. The van der Waals surface area contributed by atoms with Crippen molar-refractivity contribution in [2.75, 3.05) is 32.8 Å². The number of halogens is 3. The van der Waals surface area contributed by atoms with Crippen molar-refractivity contribution >= 4 is 0 Å². The van der Waals surface area contributed by atoms with Crippen molar-refractivity contribution in [1.29, 1.82) is 0 Å². The Balaban J connectivity index is 1.51. The lowest BCUT2D eigenvalue weighted by Gasteiger charge is -2.57. The maximum absolute atomic E-state index is 12.7. The molecular formula is C24H29F3N2O. The van der Waals surface area contributed by atoms with Crippen LogP contribution in [0.15, 0.2) is 54.6 Å². The number of hydrogen-bond acceptors (Lipinski definition) is 3. The van der Waals surface area contributed by atoms with E-state index in [9.17, 15) is 18.3 Å². The maximum Gasteiger partial charge on any atom is 0.390 e. The van der Waals surface area contributed by atoms with E-state index in [2.05, 4.69) is 41.3 Å². The van der Waals surface area contributed by atoms with E-state index in [1.165, 1.54) is 0 Å². The molecule has 0 bridgehead atoms. The number of benzene rings is 2. The first-order valence-electron chi connectivity index (χ1n) is 10.8. The molecule has 2 aliphatic rings. The van der Waals surface area contributed by atoms with Crippen molar-refractivity contribution in [3.63, 3.8) is 0 Å². The van der Waals surface area contributed by atoms with Gasteiger partial charge in [0, 0.05) is 31.1 Å². The molecule has 0 aromatic heterocycles. The molecule has 0 spiro atoms. The molecule has 0 saturated carbocycles. The minimum absolute atomic E-state index is 0.0418. The van der Waals surface area contributed by atoms with Crippen molar-refractivity contribution in [3.05, 3.63) is 60.2 Å². The summed E-state index contributed by atoms with van der Waals surface area (Å²) < 4.78 is 38.2. The Bertz CT molecular complexity index is 809. The molecular weight excluding hydrogens is 389 g/mol. The first kappa shape index (κ1) is 21.3. The Morgan fingerprint density at radius 3 is 2.23 bits per heavy atom. The molecule has 30 heavy (non-hydrogen) atoms. The van der Waals surface area contributed by atoms with E-state index in [4.69, 9.17) is 0 Å². The number of fused-ring (bicyclic) bond motifs is 1. The fourth-order valence-electron chi connectivity index (χ4n) is 5.03. The van der Waals surface area contributed by atoms with E-state index in [1.807, 2.05) is 23.1 Å². The second kappa shape index (κ2) is 9.08. The molecule has 0 radical (unpaired) electrons. The van der Waals surface area contributed by atoms with Gasteiger partial charge >= 0.3 is 6.18 Å². The number of aliphatic hydroxyl groups is 1. The highest BCUT2D eigenvalue weighted by Gasteiger charge is 2.49.